The number of sulfonamides is 1. The zero-order chi connectivity index (χ0) is 24.0. The molecule has 2 aliphatic heterocycles. The third kappa shape index (κ3) is 5.89. The number of nitrogens with zero attached hydrogens (tertiary/aromatic N) is 1. The Morgan fingerprint density at radius 2 is 1.79 bits per heavy atom. The molecule has 0 bridgehead atoms. The van der Waals surface area contributed by atoms with Crippen molar-refractivity contribution >= 4 is 21.8 Å². The zero-order valence-electron chi connectivity index (χ0n) is 19.1. The van der Waals surface area contributed by atoms with E-state index in [1.807, 2.05) is 0 Å². The monoisotopic (exact) mass is 493 g/mol. The van der Waals surface area contributed by atoms with Crippen molar-refractivity contribution < 1.29 is 32.2 Å². The quantitative estimate of drug-likeness (QED) is 0.434. The molecule has 11 heteroatoms. The van der Waals surface area contributed by atoms with Crippen LogP contribution < -0.4 is 20.1 Å². The average molecular weight is 494 g/mol. The molecule has 10 nitrogen and oxygen atoms in total. The maximum atomic E-state index is 13.3. The summed E-state index contributed by atoms with van der Waals surface area (Å²) >= 11 is 0. The molecule has 1 aromatic rings. The summed E-state index contributed by atoms with van der Waals surface area (Å²) in [5, 5.41) is 5.13. The molecule has 2 N–H and O–H groups in total. The van der Waals surface area contributed by atoms with Crippen LogP contribution in [-0.4, -0.2) is 70.2 Å². The predicted octanol–water partition coefficient (Wildman–Crippen LogP) is 1.32. The number of carbonyl (C=O) groups is 2. The summed E-state index contributed by atoms with van der Waals surface area (Å²) in [5.74, 6) is -0.692. The molecule has 0 radical (unpaired) electrons. The summed E-state index contributed by atoms with van der Waals surface area (Å²) in [6.07, 6.45) is 6.99. The maximum Gasteiger partial charge on any atom is 0.309 e. The van der Waals surface area contributed by atoms with E-state index >= 15 is 0 Å². The summed E-state index contributed by atoms with van der Waals surface area (Å²) in [6, 6.07) is 4.46. The van der Waals surface area contributed by atoms with Crippen molar-refractivity contribution in [3.63, 3.8) is 0 Å². The van der Waals surface area contributed by atoms with E-state index in [0.29, 0.717) is 44.3 Å². The van der Waals surface area contributed by atoms with Crippen molar-refractivity contribution in [2.24, 2.45) is 0 Å². The minimum Gasteiger partial charge on any atom is -0.486 e. The molecule has 0 unspecified atom stereocenters. The van der Waals surface area contributed by atoms with Crippen LogP contribution in [0.4, 0.5) is 0 Å². The van der Waals surface area contributed by atoms with Gasteiger partial charge in [0.05, 0.1) is 18.0 Å². The predicted molar refractivity (Wildman–Crippen MR) is 123 cm³/mol. The second-order valence-corrected chi connectivity index (χ2v) is 10.3. The van der Waals surface area contributed by atoms with Crippen LogP contribution in [0.5, 0.6) is 11.5 Å². The lowest BCUT2D eigenvalue weighted by Crippen LogP contribution is -2.53. The molecule has 186 valence electrons. The van der Waals surface area contributed by atoms with Gasteiger partial charge in [-0.1, -0.05) is 11.6 Å². The highest BCUT2D eigenvalue weighted by Crippen LogP contribution is 2.34. The third-order valence-electron chi connectivity index (χ3n) is 6.03. The highest BCUT2D eigenvalue weighted by Gasteiger charge is 2.35. The standard InChI is InChI=1S/C23H31N3O7S/c27-22(24-10-9-17-5-2-1-3-6-17)23(28)25-16-21-26(11-4-12-33-21)34(29,30)18-7-8-19-20(15-18)32-14-13-31-19/h5,7-8,15,21H,1-4,6,9-14,16H2,(H,24,27)(H,25,28)/t21-/m1/s1. The molecular formula is C23H31N3O7S. The number of allylic oxidation sites excluding steroid dienone is 1. The fourth-order valence-electron chi connectivity index (χ4n) is 4.23. The largest absolute Gasteiger partial charge is 0.486 e. The summed E-state index contributed by atoms with van der Waals surface area (Å²) in [7, 11) is -3.92. The number of nitrogens with one attached hydrogen (secondary N) is 2. The van der Waals surface area contributed by atoms with Crippen LogP contribution in [0.15, 0.2) is 34.7 Å². The number of carbonyl (C=O) groups excluding carboxylic acids is 2. The average Bonchev–Trinajstić information content (AvgIpc) is 2.87. The van der Waals surface area contributed by atoms with Gasteiger partial charge in [-0.25, -0.2) is 8.42 Å². The normalized spacial score (nSPS) is 20.8. The smallest absolute Gasteiger partial charge is 0.309 e. The first-order valence-electron chi connectivity index (χ1n) is 11.7. The van der Waals surface area contributed by atoms with Gasteiger partial charge in [0.25, 0.3) is 0 Å². The lowest BCUT2D eigenvalue weighted by Gasteiger charge is -2.34. The molecule has 2 amide bonds. The molecule has 1 aromatic carbocycles. The van der Waals surface area contributed by atoms with Crippen LogP contribution in [0.3, 0.4) is 0 Å². The molecule has 0 spiro atoms. The van der Waals surface area contributed by atoms with Gasteiger partial charge in [-0.2, -0.15) is 4.31 Å². The van der Waals surface area contributed by atoms with Gasteiger partial charge in [-0.05, 0) is 50.7 Å². The Balaban J connectivity index is 1.33. The summed E-state index contributed by atoms with van der Waals surface area (Å²) in [4.78, 5) is 24.5. The number of hydrogen-bond acceptors (Lipinski definition) is 7. The van der Waals surface area contributed by atoms with Gasteiger partial charge in [0, 0.05) is 19.2 Å². The molecule has 1 fully saturated rings. The van der Waals surface area contributed by atoms with Crippen LogP contribution in [0.1, 0.15) is 38.5 Å². The van der Waals surface area contributed by atoms with E-state index in [0.717, 1.165) is 25.7 Å². The molecule has 34 heavy (non-hydrogen) atoms. The Morgan fingerprint density at radius 3 is 2.59 bits per heavy atom. The topological polar surface area (TPSA) is 123 Å². The lowest BCUT2D eigenvalue weighted by atomic mass is 9.97. The minimum absolute atomic E-state index is 0.0494. The first kappa shape index (κ1) is 24.5. The first-order valence-corrected chi connectivity index (χ1v) is 13.2. The second kappa shape index (κ2) is 11.2. The van der Waals surface area contributed by atoms with Gasteiger partial charge in [0.2, 0.25) is 10.0 Å². The summed E-state index contributed by atoms with van der Waals surface area (Å²) in [6.45, 7) is 1.60. The number of benzene rings is 1. The second-order valence-electron chi connectivity index (χ2n) is 8.42. The van der Waals surface area contributed by atoms with E-state index < -0.39 is 28.1 Å². The fourth-order valence-corrected chi connectivity index (χ4v) is 5.81. The van der Waals surface area contributed by atoms with Crippen molar-refractivity contribution in [2.75, 3.05) is 39.5 Å². The molecule has 1 aliphatic carbocycles. The Kier molecular flexibility index (Phi) is 8.07. The van der Waals surface area contributed by atoms with E-state index in [4.69, 9.17) is 14.2 Å². The van der Waals surface area contributed by atoms with E-state index in [1.165, 1.54) is 28.4 Å². The molecule has 4 rings (SSSR count). The summed E-state index contributed by atoms with van der Waals surface area (Å²) < 4.78 is 44.4. The van der Waals surface area contributed by atoms with E-state index in [9.17, 15) is 18.0 Å². The zero-order valence-corrected chi connectivity index (χ0v) is 19.9. The van der Waals surface area contributed by atoms with Crippen LogP contribution in [0, 0.1) is 0 Å². The van der Waals surface area contributed by atoms with Crippen molar-refractivity contribution in [2.45, 2.75) is 49.6 Å². The number of fused-ring (bicyclic) bond motifs is 1. The van der Waals surface area contributed by atoms with Crippen LogP contribution >= 0.6 is 0 Å². The van der Waals surface area contributed by atoms with Gasteiger partial charge in [0.15, 0.2) is 11.5 Å². The number of ether oxygens (including phenoxy) is 3. The maximum absolute atomic E-state index is 13.3. The van der Waals surface area contributed by atoms with Crippen molar-refractivity contribution in [3.8, 4) is 11.5 Å². The Labute approximate surface area is 199 Å². The van der Waals surface area contributed by atoms with Crippen LogP contribution in [0.25, 0.3) is 0 Å². The molecular weight excluding hydrogens is 462 g/mol. The molecule has 2 heterocycles. The number of rotatable bonds is 7. The van der Waals surface area contributed by atoms with Gasteiger partial charge in [-0.15, -0.1) is 0 Å². The van der Waals surface area contributed by atoms with Crippen molar-refractivity contribution in [1.29, 1.82) is 0 Å². The van der Waals surface area contributed by atoms with Gasteiger partial charge in [-0.3, -0.25) is 9.59 Å². The Hall–Kier alpha value is -2.63. The van der Waals surface area contributed by atoms with Gasteiger partial charge < -0.3 is 24.8 Å². The van der Waals surface area contributed by atoms with Crippen molar-refractivity contribution in [1.82, 2.24) is 14.9 Å². The number of hydrogen-bond donors (Lipinski definition) is 2. The van der Waals surface area contributed by atoms with Crippen LogP contribution in [0.2, 0.25) is 0 Å². The molecule has 0 aromatic heterocycles. The van der Waals surface area contributed by atoms with E-state index in [-0.39, 0.29) is 18.0 Å². The van der Waals surface area contributed by atoms with Gasteiger partial charge in [0.1, 0.15) is 19.4 Å². The third-order valence-corrected chi connectivity index (χ3v) is 7.92. The van der Waals surface area contributed by atoms with Gasteiger partial charge >= 0.3 is 11.8 Å². The highest BCUT2D eigenvalue weighted by molar-refractivity contribution is 7.89. The summed E-state index contributed by atoms with van der Waals surface area (Å²) in [5.41, 5.74) is 1.31. The molecule has 1 saturated heterocycles. The van der Waals surface area contributed by atoms with Crippen LogP contribution in [-0.2, 0) is 24.3 Å². The molecule has 3 aliphatic rings. The first-order chi connectivity index (χ1) is 16.4. The van der Waals surface area contributed by atoms with E-state index in [1.54, 1.807) is 6.07 Å². The number of amides is 2. The van der Waals surface area contributed by atoms with Crippen molar-refractivity contribution in [3.05, 3.63) is 29.8 Å². The molecule has 1 atom stereocenters. The lowest BCUT2D eigenvalue weighted by molar-refractivity contribution is -0.140. The Bertz CT molecular complexity index is 1040. The Morgan fingerprint density at radius 1 is 1.00 bits per heavy atom. The highest BCUT2D eigenvalue weighted by atomic mass is 32.2. The van der Waals surface area contributed by atoms with E-state index in [2.05, 4.69) is 16.7 Å². The minimum atomic E-state index is -3.92. The molecule has 0 saturated carbocycles. The SMILES string of the molecule is O=C(NCCC1=CCCCC1)C(=O)NC[C@H]1OCCCN1S(=O)(=O)c1ccc2c(c1)OCCO2. The fraction of sp³-hybridized carbons (Fsp3) is 0.565.